The number of rotatable bonds is 2. The maximum Gasteiger partial charge on any atom is 0.251 e. The van der Waals surface area contributed by atoms with Crippen molar-refractivity contribution in [1.82, 2.24) is 5.32 Å². The molecule has 0 bridgehead atoms. The summed E-state index contributed by atoms with van der Waals surface area (Å²) in [6, 6.07) is 13.3. The van der Waals surface area contributed by atoms with Crippen molar-refractivity contribution in [2.75, 3.05) is 18.1 Å². The van der Waals surface area contributed by atoms with Crippen LogP contribution in [-0.2, 0) is 11.2 Å². The molecule has 2 aliphatic heterocycles. The highest BCUT2D eigenvalue weighted by Gasteiger charge is 2.25. The van der Waals surface area contributed by atoms with E-state index in [9.17, 15) is 9.59 Å². The van der Waals surface area contributed by atoms with Gasteiger partial charge in [-0.1, -0.05) is 18.2 Å². The fraction of sp³-hybridized carbons (Fsp3) is 0.300. The number of carbonyl (C=O) groups excluding carboxylic acids is 2. The van der Waals surface area contributed by atoms with Crippen molar-refractivity contribution in [3.63, 3.8) is 0 Å². The van der Waals surface area contributed by atoms with Crippen molar-refractivity contribution >= 4 is 17.5 Å². The smallest absolute Gasteiger partial charge is 0.251 e. The van der Waals surface area contributed by atoms with Gasteiger partial charge in [-0.05, 0) is 36.2 Å². The standard InChI is InChI=1S/C20H20N2O3/c1-13(23)22-10-8-14-12-15(6-7-18(14)22)20(24)21-17-9-11-25-19-5-3-2-4-16(17)19/h2-7,12,17H,8-11H2,1H3,(H,21,24). The van der Waals surface area contributed by atoms with Crippen LogP contribution in [0.1, 0.15) is 40.9 Å². The summed E-state index contributed by atoms with van der Waals surface area (Å²) in [5.41, 5.74) is 3.62. The van der Waals surface area contributed by atoms with Crippen molar-refractivity contribution in [3.8, 4) is 5.75 Å². The molecular formula is C20H20N2O3. The topological polar surface area (TPSA) is 58.6 Å². The van der Waals surface area contributed by atoms with Gasteiger partial charge in [0.15, 0.2) is 0 Å². The second-order valence-electron chi connectivity index (χ2n) is 6.47. The number of fused-ring (bicyclic) bond motifs is 2. The number of para-hydroxylation sites is 1. The molecule has 5 nitrogen and oxygen atoms in total. The van der Waals surface area contributed by atoms with Crippen molar-refractivity contribution in [1.29, 1.82) is 0 Å². The SMILES string of the molecule is CC(=O)N1CCc2cc(C(=O)NC3CCOc4ccccc43)ccc21. The molecule has 0 saturated heterocycles. The highest BCUT2D eigenvalue weighted by Crippen LogP contribution is 2.32. The Bertz CT molecular complexity index is 847. The molecule has 2 heterocycles. The lowest BCUT2D eigenvalue weighted by molar-refractivity contribution is -0.116. The first-order valence-corrected chi connectivity index (χ1v) is 8.57. The number of ether oxygens (including phenoxy) is 1. The van der Waals surface area contributed by atoms with E-state index in [0.717, 1.165) is 35.4 Å². The number of nitrogens with one attached hydrogen (secondary N) is 1. The first-order chi connectivity index (χ1) is 12.1. The van der Waals surface area contributed by atoms with Crippen molar-refractivity contribution in [2.24, 2.45) is 0 Å². The average molecular weight is 336 g/mol. The van der Waals surface area contributed by atoms with Crippen LogP contribution in [0.3, 0.4) is 0 Å². The van der Waals surface area contributed by atoms with Crippen molar-refractivity contribution in [2.45, 2.75) is 25.8 Å². The monoisotopic (exact) mass is 336 g/mol. The molecule has 1 N–H and O–H groups in total. The molecule has 2 aliphatic rings. The molecular weight excluding hydrogens is 316 g/mol. The predicted molar refractivity (Wildman–Crippen MR) is 94.9 cm³/mol. The quantitative estimate of drug-likeness (QED) is 0.917. The minimum atomic E-state index is -0.0919. The summed E-state index contributed by atoms with van der Waals surface area (Å²) in [6.07, 6.45) is 1.54. The normalized spacial score (nSPS) is 18.1. The zero-order valence-corrected chi connectivity index (χ0v) is 14.1. The lowest BCUT2D eigenvalue weighted by atomic mass is 10.00. The molecule has 1 unspecified atom stereocenters. The Morgan fingerprint density at radius 3 is 2.88 bits per heavy atom. The number of anilines is 1. The van der Waals surface area contributed by atoms with Gasteiger partial charge in [-0.3, -0.25) is 9.59 Å². The third-order valence-electron chi connectivity index (χ3n) is 4.88. The van der Waals surface area contributed by atoms with Gasteiger partial charge >= 0.3 is 0 Å². The highest BCUT2D eigenvalue weighted by molar-refractivity contribution is 5.98. The van der Waals surface area contributed by atoms with Gasteiger partial charge < -0.3 is 15.0 Å². The van der Waals surface area contributed by atoms with Crippen LogP contribution in [0.25, 0.3) is 0 Å². The molecule has 0 fully saturated rings. The molecule has 1 atom stereocenters. The molecule has 0 spiro atoms. The van der Waals surface area contributed by atoms with E-state index in [1.807, 2.05) is 36.4 Å². The van der Waals surface area contributed by atoms with Gasteiger partial charge in [0.1, 0.15) is 5.75 Å². The molecule has 0 aromatic heterocycles. The lowest BCUT2D eigenvalue weighted by Crippen LogP contribution is -2.32. The van der Waals surface area contributed by atoms with Crippen LogP contribution in [0.4, 0.5) is 5.69 Å². The Labute approximate surface area is 146 Å². The van der Waals surface area contributed by atoms with E-state index in [4.69, 9.17) is 4.74 Å². The molecule has 5 heteroatoms. The summed E-state index contributed by atoms with van der Waals surface area (Å²) in [4.78, 5) is 26.1. The lowest BCUT2D eigenvalue weighted by Gasteiger charge is -2.26. The second kappa shape index (κ2) is 6.24. The third-order valence-corrected chi connectivity index (χ3v) is 4.88. The minimum Gasteiger partial charge on any atom is -0.493 e. The van der Waals surface area contributed by atoms with Gasteiger partial charge in [0.2, 0.25) is 5.91 Å². The van der Waals surface area contributed by atoms with Gasteiger partial charge in [-0.15, -0.1) is 0 Å². The van der Waals surface area contributed by atoms with E-state index in [1.54, 1.807) is 17.9 Å². The summed E-state index contributed by atoms with van der Waals surface area (Å²) >= 11 is 0. The molecule has 0 aliphatic carbocycles. The second-order valence-corrected chi connectivity index (χ2v) is 6.47. The van der Waals surface area contributed by atoms with Crippen LogP contribution < -0.4 is 15.0 Å². The van der Waals surface area contributed by atoms with Crippen LogP contribution in [0.2, 0.25) is 0 Å². The van der Waals surface area contributed by atoms with Crippen molar-refractivity contribution in [3.05, 3.63) is 59.2 Å². The van der Waals surface area contributed by atoms with Crippen molar-refractivity contribution < 1.29 is 14.3 Å². The van der Waals surface area contributed by atoms with E-state index in [-0.39, 0.29) is 17.9 Å². The Kier molecular flexibility index (Phi) is 3.92. The molecule has 2 amide bonds. The summed E-state index contributed by atoms with van der Waals surface area (Å²) < 4.78 is 5.65. The third kappa shape index (κ3) is 2.86. The zero-order chi connectivity index (χ0) is 17.4. The largest absolute Gasteiger partial charge is 0.493 e. The van der Waals surface area contributed by atoms with Crippen LogP contribution in [0, 0.1) is 0 Å². The van der Waals surface area contributed by atoms with Crippen LogP contribution in [0.5, 0.6) is 5.75 Å². The summed E-state index contributed by atoms with van der Waals surface area (Å²) in [5, 5.41) is 3.12. The molecule has 2 aromatic rings. The first-order valence-electron chi connectivity index (χ1n) is 8.57. The van der Waals surface area contributed by atoms with E-state index < -0.39 is 0 Å². The Balaban J connectivity index is 1.54. The molecule has 2 aromatic carbocycles. The molecule has 4 rings (SSSR count). The summed E-state index contributed by atoms with van der Waals surface area (Å²) in [7, 11) is 0. The van der Waals surface area contributed by atoms with Gasteiger partial charge in [0.25, 0.3) is 5.91 Å². The number of hydrogen-bond donors (Lipinski definition) is 1. The highest BCUT2D eigenvalue weighted by atomic mass is 16.5. The predicted octanol–water partition coefficient (Wildman–Crippen LogP) is 2.85. The number of nitrogens with zero attached hydrogens (tertiary/aromatic N) is 1. The average Bonchev–Trinajstić information content (AvgIpc) is 3.05. The van der Waals surface area contributed by atoms with E-state index in [1.165, 1.54) is 0 Å². The van der Waals surface area contributed by atoms with E-state index in [0.29, 0.717) is 18.7 Å². The summed E-state index contributed by atoms with van der Waals surface area (Å²) in [6.45, 7) is 2.85. The molecule has 128 valence electrons. The summed E-state index contributed by atoms with van der Waals surface area (Å²) in [5.74, 6) is 0.783. The Morgan fingerprint density at radius 2 is 2.04 bits per heavy atom. The number of carbonyl (C=O) groups is 2. The van der Waals surface area contributed by atoms with Gasteiger partial charge in [0, 0.05) is 36.7 Å². The molecule has 0 radical (unpaired) electrons. The first kappa shape index (κ1) is 15.7. The van der Waals surface area contributed by atoms with Crippen LogP contribution in [-0.4, -0.2) is 25.0 Å². The van der Waals surface area contributed by atoms with E-state index >= 15 is 0 Å². The number of benzene rings is 2. The molecule has 0 saturated carbocycles. The minimum absolute atomic E-state index is 0.0368. The van der Waals surface area contributed by atoms with Crippen LogP contribution in [0.15, 0.2) is 42.5 Å². The fourth-order valence-corrected chi connectivity index (χ4v) is 3.60. The van der Waals surface area contributed by atoms with Gasteiger partial charge in [-0.25, -0.2) is 0 Å². The maximum atomic E-state index is 12.7. The fourth-order valence-electron chi connectivity index (χ4n) is 3.60. The zero-order valence-electron chi connectivity index (χ0n) is 14.1. The van der Waals surface area contributed by atoms with E-state index in [2.05, 4.69) is 5.32 Å². The maximum absolute atomic E-state index is 12.7. The van der Waals surface area contributed by atoms with Gasteiger partial charge in [0.05, 0.1) is 12.6 Å². The Morgan fingerprint density at radius 1 is 1.20 bits per heavy atom. The number of hydrogen-bond acceptors (Lipinski definition) is 3. The van der Waals surface area contributed by atoms with Crippen LogP contribution >= 0.6 is 0 Å². The molecule has 25 heavy (non-hydrogen) atoms. The number of amides is 2. The van der Waals surface area contributed by atoms with Gasteiger partial charge in [-0.2, -0.15) is 0 Å². The Hall–Kier alpha value is -2.82.